The van der Waals surface area contributed by atoms with Crippen molar-refractivity contribution < 1.29 is 26.3 Å². The molecule has 1 heterocycles. The summed E-state index contributed by atoms with van der Waals surface area (Å²) in [6.45, 7) is 0. The van der Waals surface area contributed by atoms with Crippen LogP contribution in [0.2, 0.25) is 5.02 Å². The van der Waals surface area contributed by atoms with Crippen molar-refractivity contribution in [1.82, 2.24) is 9.97 Å². The van der Waals surface area contributed by atoms with Gasteiger partial charge in [-0.15, -0.1) is 0 Å². The van der Waals surface area contributed by atoms with Crippen LogP contribution in [0.1, 0.15) is 11.1 Å². The maximum absolute atomic E-state index is 12.9. The molecule has 1 aromatic heterocycles. The van der Waals surface area contributed by atoms with E-state index >= 15 is 0 Å². The van der Waals surface area contributed by atoms with Crippen molar-refractivity contribution in [3.05, 3.63) is 42.9 Å². The van der Waals surface area contributed by atoms with E-state index in [0.717, 1.165) is 0 Å². The van der Waals surface area contributed by atoms with Crippen LogP contribution in [0.15, 0.2) is 15.7 Å². The van der Waals surface area contributed by atoms with Crippen molar-refractivity contribution in [1.29, 1.82) is 0 Å². The zero-order valence-electron chi connectivity index (χ0n) is 9.54. The fourth-order valence-corrected chi connectivity index (χ4v) is 2.07. The van der Waals surface area contributed by atoms with Gasteiger partial charge in [0.15, 0.2) is 0 Å². The molecule has 2 rings (SSSR count). The Morgan fingerprint density at radius 3 is 1.90 bits per heavy atom. The summed E-state index contributed by atoms with van der Waals surface area (Å²) in [4.78, 5) is 25.4. The van der Waals surface area contributed by atoms with E-state index < -0.39 is 50.7 Å². The maximum Gasteiger partial charge on any atom is 0.419 e. The highest BCUT2D eigenvalue weighted by Gasteiger charge is 2.42. The number of halogens is 7. The van der Waals surface area contributed by atoms with Crippen LogP contribution in [0.3, 0.4) is 0 Å². The lowest BCUT2D eigenvalue weighted by molar-refractivity contribution is -0.142. The summed E-state index contributed by atoms with van der Waals surface area (Å²) in [6, 6.07) is 0.226. The first-order valence-electron chi connectivity index (χ1n) is 5.06. The summed E-state index contributed by atoms with van der Waals surface area (Å²) >= 11 is 5.20. The van der Waals surface area contributed by atoms with Gasteiger partial charge >= 0.3 is 23.5 Å². The van der Waals surface area contributed by atoms with Gasteiger partial charge in [0.2, 0.25) is 0 Å². The molecular formula is C10H3ClF6N2O2. The van der Waals surface area contributed by atoms with Crippen LogP contribution in [0.4, 0.5) is 26.3 Å². The van der Waals surface area contributed by atoms with Gasteiger partial charge in [-0.05, 0) is 6.07 Å². The summed E-state index contributed by atoms with van der Waals surface area (Å²) in [7, 11) is 0. The lowest BCUT2D eigenvalue weighted by atomic mass is 10.1. The van der Waals surface area contributed by atoms with Crippen molar-refractivity contribution in [3.63, 3.8) is 0 Å². The summed E-state index contributed by atoms with van der Waals surface area (Å²) in [5.41, 5.74) is -8.32. The highest BCUT2D eigenvalue weighted by molar-refractivity contribution is 6.33. The highest BCUT2D eigenvalue weighted by atomic mass is 35.5. The molecule has 0 bridgehead atoms. The van der Waals surface area contributed by atoms with Crippen molar-refractivity contribution >= 4 is 22.6 Å². The molecule has 0 atom stereocenters. The van der Waals surface area contributed by atoms with E-state index in [-0.39, 0.29) is 6.07 Å². The molecule has 0 saturated carbocycles. The van der Waals surface area contributed by atoms with E-state index in [4.69, 9.17) is 11.6 Å². The van der Waals surface area contributed by atoms with Gasteiger partial charge in [0.1, 0.15) is 5.56 Å². The number of aromatic nitrogens is 2. The molecule has 0 fully saturated rings. The minimum Gasteiger partial charge on any atom is -0.316 e. The number of rotatable bonds is 0. The van der Waals surface area contributed by atoms with Crippen LogP contribution in [0.5, 0.6) is 0 Å². The summed E-state index contributed by atoms with van der Waals surface area (Å²) in [5, 5.41) is -1.61. The number of benzene rings is 1. The zero-order chi connectivity index (χ0) is 16.2. The van der Waals surface area contributed by atoms with Crippen molar-refractivity contribution in [2.24, 2.45) is 0 Å². The first kappa shape index (κ1) is 15.4. The molecule has 0 amide bonds. The van der Waals surface area contributed by atoms with Gasteiger partial charge in [-0.2, -0.15) is 26.3 Å². The summed E-state index contributed by atoms with van der Waals surface area (Å²) in [5.74, 6) is 0. The number of hydrogen-bond donors (Lipinski definition) is 2. The number of H-pyrrole nitrogens is 2. The van der Waals surface area contributed by atoms with Crippen molar-refractivity contribution in [2.45, 2.75) is 12.4 Å². The molecule has 0 radical (unpaired) electrons. The molecule has 1 aromatic carbocycles. The predicted molar refractivity (Wildman–Crippen MR) is 60.2 cm³/mol. The number of nitrogens with one attached hydrogen (secondary N) is 2. The van der Waals surface area contributed by atoms with Crippen LogP contribution in [-0.2, 0) is 12.4 Å². The van der Waals surface area contributed by atoms with E-state index in [1.165, 1.54) is 0 Å². The van der Waals surface area contributed by atoms with Crippen LogP contribution < -0.4 is 11.1 Å². The standard InChI is InChI=1S/C10H3ClF6N2O2/c11-5-2(9(12,13)14)1-3-6(4(5)10(15,16)17)19-8(21)7(20)18-3/h1H,(H,18,20)(H,19,21). The van der Waals surface area contributed by atoms with E-state index in [9.17, 15) is 35.9 Å². The van der Waals surface area contributed by atoms with E-state index in [2.05, 4.69) is 0 Å². The normalized spacial score (nSPS) is 12.9. The summed E-state index contributed by atoms with van der Waals surface area (Å²) < 4.78 is 76.9. The molecule has 2 aromatic rings. The first-order chi connectivity index (χ1) is 9.43. The first-order valence-corrected chi connectivity index (χ1v) is 5.44. The van der Waals surface area contributed by atoms with Gasteiger partial charge < -0.3 is 9.97 Å². The van der Waals surface area contributed by atoms with Crippen LogP contribution >= 0.6 is 11.6 Å². The maximum atomic E-state index is 12.9. The molecule has 2 N–H and O–H groups in total. The SMILES string of the molecule is O=c1[nH]c2cc(C(F)(F)F)c(Cl)c(C(F)(F)F)c2[nH]c1=O. The van der Waals surface area contributed by atoms with Gasteiger partial charge in [-0.1, -0.05) is 11.6 Å². The second kappa shape index (κ2) is 4.52. The molecular weight excluding hydrogens is 330 g/mol. The van der Waals surface area contributed by atoms with Crippen LogP contribution in [0.25, 0.3) is 11.0 Å². The van der Waals surface area contributed by atoms with Gasteiger partial charge in [-0.3, -0.25) is 9.59 Å². The van der Waals surface area contributed by atoms with Gasteiger partial charge in [-0.25, -0.2) is 0 Å². The molecule has 0 aliphatic carbocycles. The third-order valence-electron chi connectivity index (χ3n) is 2.55. The fourth-order valence-electron chi connectivity index (χ4n) is 1.71. The Balaban J connectivity index is 3.08. The second-order valence-corrected chi connectivity index (χ2v) is 4.32. The molecule has 21 heavy (non-hydrogen) atoms. The minimum atomic E-state index is -5.27. The average molecular weight is 333 g/mol. The Morgan fingerprint density at radius 2 is 1.43 bits per heavy atom. The monoisotopic (exact) mass is 332 g/mol. The Bertz CT molecular complexity index is 833. The second-order valence-electron chi connectivity index (χ2n) is 3.94. The fraction of sp³-hybridized carbons (Fsp3) is 0.200. The molecule has 0 spiro atoms. The quantitative estimate of drug-likeness (QED) is 0.575. The Kier molecular flexibility index (Phi) is 3.32. The predicted octanol–water partition coefficient (Wildman–Crippen LogP) is 2.91. The molecule has 114 valence electrons. The number of fused-ring (bicyclic) bond motifs is 1. The van der Waals surface area contributed by atoms with Gasteiger partial charge in [0, 0.05) is 0 Å². The van der Waals surface area contributed by atoms with Gasteiger partial charge in [0.05, 0.1) is 21.6 Å². The number of aromatic amines is 2. The number of hydrogen-bond acceptors (Lipinski definition) is 2. The lowest BCUT2D eigenvalue weighted by Gasteiger charge is -2.16. The van der Waals surface area contributed by atoms with Crippen molar-refractivity contribution in [2.75, 3.05) is 0 Å². The lowest BCUT2D eigenvalue weighted by Crippen LogP contribution is -2.30. The average Bonchev–Trinajstić information content (AvgIpc) is 2.27. The molecule has 0 saturated heterocycles. The van der Waals surface area contributed by atoms with Gasteiger partial charge in [0.25, 0.3) is 0 Å². The van der Waals surface area contributed by atoms with E-state index in [0.29, 0.717) is 0 Å². The molecule has 0 aliphatic rings. The van der Waals surface area contributed by atoms with Crippen molar-refractivity contribution in [3.8, 4) is 0 Å². The summed E-state index contributed by atoms with van der Waals surface area (Å²) in [6.07, 6.45) is -10.4. The topological polar surface area (TPSA) is 65.7 Å². The molecule has 4 nitrogen and oxygen atoms in total. The smallest absolute Gasteiger partial charge is 0.316 e. The highest BCUT2D eigenvalue weighted by Crippen LogP contribution is 2.44. The third-order valence-corrected chi connectivity index (χ3v) is 2.94. The number of alkyl halides is 6. The molecule has 0 aliphatic heterocycles. The molecule has 11 heteroatoms. The third kappa shape index (κ3) is 2.62. The minimum absolute atomic E-state index is 0.226. The molecule has 0 unspecified atom stereocenters. The Hall–Kier alpha value is -1.97. The zero-order valence-corrected chi connectivity index (χ0v) is 10.3. The van der Waals surface area contributed by atoms with Crippen LogP contribution in [0, 0.1) is 0 Å². The van der Waals surface area contributed by atoms with Crippen LogP contribution in [-0.4, -0.2) is 9.97 Å². The Labute approximate surface area is 115 Å². The van der Waals surface area contributed by atoms with E-state index in [1.807, 2.05) is 0 Å². The van der Waals surface area contributed by atoms with E-state index in [1.54, 1.807) is 9.97 Å². The Morgan fingerprint density at radius 1 is 0.905 bits per heavy atom. The largest absolute Gasteiger partial charge is 0.419 e.